The fourth-order valence-electron chi connectivity index (χ4n) is 2.75. The fraction of sp³-hybridized carbons (Fsp3) is 0.0500. The zero-order valence-corrected chi connectivity index (χ0v) is 12.9. The molecular formula is C20H15NS. The van der Waals surface area contributed by atoms with Crippen LogP contribution >= 0.6 is 11.3 Å². The molecule has 0 aliphatic rings. The molecule has 0 aliphatic carbocycles. The molecule has 106 valence electrons. The van der Waals surface area contributed by atoms with Crippen LogP contribution in [0.25, 0.3) is 21.3 Å². The molecule has 22 heavy (non-hydrogen) atoms. The van der Waals surface area contributed by atoms with Crippen LogP contribution in [-0.2, 0) is 6.42 Å². The Balaban J connectivity index is 1.68. The lowest BCUT2D eigenvalue weighted by Gasteiger charge is -2.05. The summed E-state index contributed by atoms with van der Waals surface area (Å²) in [7, 11) is 0. The van der Waals surface area contributed by atoms with Crippen LogP contribution in [0.3, 0.4) is 0 Å². The molecule has 2 aromatic heterocycles. The molecule has 0 N–H and O–H groups in total. The highest BCUT2D eigenvalue weighted by atomic mass is 32.1. The molecule has 0 aliphatic heterocycles. The van der Waals surface area contributed by atoms with E-state index in [4.69, 9.17) is 0 Å². The number of benzene rings is 2. The summed E-state index contributed by atoms with van der Waals surface area (Å²) in [6.45, 7) is 0. The Morgan fingerprint density at radius 3 is 2.55 bits per heavy atom. The third kappa shape index (κ3) is 2.53. The normalized spacial score (nSPS) is 10.9. The van der Waals surface area contributed by atoms with Crippen LogP contribution in [0.1, 0.15) is 10.4 Å². The molecule has 0 bridgehead atoms. The molecule has 2 aromatic carbocycles. The van der Waals surface area contributed by atoms with E-state index in [9.17, 15) is 0 Å². The van der Waals surface area contributed by atoms with Gasteiger partial charge in [0.05, 0.1) is 10.6 Å². The van der Waals surface area contributed by atoms with E-state index < -0.39 is 0 Å². The van der Waals surface area contributed by atoms with Crippen molar-refractivity contribution in [2.24, 2.45) is 0 Å². The largest absolute Gasteiger partial charge is 0.255 e. The molecule has 2 heterocycles. The zero-order chi connectivity index (χ0) is 14.8. The van der Waals surface area contributed by atoms with Gasteiger partial charge >= 0.3 is 0 Å². The van der Waals surface area contributed by atoms with Crippen LogP contribution in [0.5, 0.6) is 0 Å². The highest BCUT2D eigenvalue weighted by Gasteiger charge is 2.06. The maximum absolute atomic E-state index is 4.43. The maximum atomic E-state index is 4.43. The van der Waals surface area contributed by atoms with Crippen LogP contribution in [0.4, 0.5) is 0 Å². The van der Waals surface area contributed by atoms with Gasteiger partial charge in [0.2, 0.25) is 0 Å². The van der Waals surface area contributed by atoms with Gasteiger partial charge in [-0.3, -0.25) is 4.98 Å². The van der Waals surface area contributed by atoms with Crippen LogP contribution in [-0.4, -0.2) is 4.98 Å². The Hall–Kier alpha value is -2.45. The predicted octanol–water partition coefficient (Wildman–Crippen LogP) is 5.55. The summed E-state index contributed by atoms with van der Waals surface area (Å²) >= 11 is 1.83. The van der Waals surface area contributed by atoms with E-state index in [1.165, 1.54) is 26.1 Å². The third-order valence-electron chi connectivity index (χ3n) is 3.82. The summed E-state index contributed by atoms with van der Waals surface area (Å²) in [6.07, 6.45) is 2.82. The molecule has 0 fully saturated rings. The highest BCUT2D eigenvalue weighted by molar-refractivity contribution is 7.15. The van der Waals surface area contributed by atoms with Gasteiger partial charge in [0.25, 0.3) is 0 Å². The minimum atomic E-state index is 0.971. The van der Waals surface area contributed by atoms with Crippen molar-refractivity contribution in [3.63, 3.8) is 0 Å². The summed E-state index contributed by atoms with van der Waals surface area (Å²) in [4.78, 5) is 7.03. The monoisotopic (exact) mass is 301 g/mol. The van der Waals surface area contributed by atoms with Gasteiger partial charge in [-0.05, 0) is 40.6 Å². The van der Waals surface area contributed by atoms with Crippen LogP contribution < -0.4 is 0 Å². The summed E-state index contributed by atoms with van der Waals surface area (Å²) in [6, 6.07) is 25.6. The Morgan fingerprint density at radius 1 is 0.773 bits per heavy atom. The molecule has 0 radical (unpaired) electrons. The van der Waals surface area contributed by atoms with E-state index in [0.717, 1.165) is 12.1 Å². The third-order valence-corrected chi connectivity index (χ3v) is 4.93. The summed E-state index contributed by atoms with van der Waals surface area (Å²) in [5.41, 5.74) is 2.43. The van der Waals surface area contributed by atoms with Gasteiger partial charge < -0.3 is 0 Å². The number of thiophene rings is 1. The van der Waals surface area contributed by atoms with Gasteiger partial charge in [-0.1, -0.05) is 48.5 Å². The van der Waals surface area contributed by atoms with Crippen molar-refractivity contribution in [3.8, 4) is 10.6 Å². The first-order chi connectivity index (χ1) is 10.9. The maximum Gasteiger partial charge on any atom is 0.0801 e. The van der Waals surface area contributed by atoms with E-state index in [-0.39, 0.29) is 0 Å². The lowest BCUT2D eigenvalue weighted by molar-refractivity contribution is 1.27. The fourth-order valence-corrected chi connectivity index (χ4v) is 3.76. The quantitative estimate of drug-likeness (QED) is 0.483. The van der Waals surface area contributed by atoms with Crippen molar-refractivity contribution in [1.82, 2.24) is 4.98 Å². The van der Waals surface area contributed by atoms with Crippen LogP contribution in [0.2, 0.25) is 0 Å². The summed E-state index contributed by atoms with van der Waals surface area (Å²) < 4.78 is 0. The molecule has 2 heteroatoms. The van der Waals surface area contributed by atoms with Crippen molar-refractivity contribution in [2.45, 2.75) is 6.42 Å². The molecule has 1 nitrogen and oxygen atoms in total. The Morgan fingerprint density at radius 2 is 1.64 bits per heavy atom. The number of aromatic nitrogens is 1. The molecule has 0 saturated heterocycles. The van der Waals surface area contributed by atoms with Crippen LogP contribution in [0.15, 0.2) is 79.0 Å². The summed E-state index contributed by atoms with van der Waals surface area (Å²) in [5.74, 6) is 0. The SMILES string of the molecule is c1ccc(-c2ccc(Cc3cccc4ccccc34)s2)nc1. The Bertz CT molecular complexity index is 904. The second-order valence-corrected chi connectivity index (χ2v) is 6.46. The second kappa shape index (κ2) is 5.74. The molecule has 0 spiro atoms. The van der Waals surface area contributed by atoms with E-state index in [0.29, 0.717) is 0 Å². The van der Waals surface area contributed by atoms with E-state index >= 15 is 0 Å². The molecule has 4 rings (SSSR count). The average Bonchev–Trinajstić information content (AvgIpc) is 3.05. The molecule has 0 amide bonds. The topological polar surface area (TPSA) is 12.9 Å². The first-order valence-corrected chi connectivity index (χ1v) is 8.18. The number of rotatable bonds is 3. The summed E-state index contributed by atoms with van der Waals surface area (Å²) in [5, 5.41) is 2.65. The van der Waals surface area contributed by atoms with Crippen molar-refractivity contribution < 1.29 is 0 Å². The van der Waals surface area contributed by atoms with Crippen molar-refractivity contribution >= 4 is 22.1 Å². The number of fused-ring (bicyclic) bond motifs is 1. The molecular weight excluding hydrogens is 286 g/mol. The molecule has 4 aromatic rings. The molecule has 0 unspecified atom stereocenters. The van der Waals surface area contributed by atoms with Crippen molar-refractivity contribution in [3.05, 3.63) is 89.4 Å². The van der Waals surface area contributed by atoms with Crippen molar-refractivity contribution in [1.29, 1.82) is 0 Å². The van der Waals surface area contributed by atoms with Gasteiger partial charge in [0.1, 0.15) is 0 Å². The highest BCUT2D eigenvalue weighted by Crippen LogP contribution is 2.29. The standard InChI is InChI=1S/C20H15NS/c1-2-9-18-15(6-1)7-5-8-16(18)14-17-11-12-20(22-17)19-10-3-4-13-21-19/h1-13H,14H2. The molecule has 0 saturated carbocycles. The van der Waals surface area contributed by atoms with E-state index in [2.05, 4.69) is 65.6 Å². The molecule has 0 atom stereocenters. The number of hydrogen-bond donors (Lipinski definition) is 0. The minimum absolute atomic E-state index is 0.971. The first kappa shape index (κ1) is 13.2. The zero-order valence-electron chi connectivity index (χ0n) is 12.1. The first-order valence-electron chi connectivity index (χ1n) is 7.37. The van der Waals surface area contributed by atoms with Crippen molar-refractivity contribution in [2.75, 3.05) is 0 Å². The second-order valence-electron chi connectivity index (χ2n) is 5.30. The van der Waals surface area contributed by atoms with Crippen LogP contribution in [0, 0.1) is 0 Å². The van der Waals surface area contributed by atoms with Gasteiger partial charge in [-0.2, -0.15) is 0 Å². The lowest BCUT2D eigenvalue weighted by Crippen LogP contribution is -1.86. The number of hydrogen-bond acceptors (Lipinski definition) is 2. The predicted molar refractivity (Wildman–Crippen MR) is 94.3 cm³/mol. The Labute approximate surface area is 133 Å². The Kier molecular flexibility index (Phi) is 3.45. The van der Waals surface area contributed by atoms with Gasteiger partial charge in [-0.15, -0.1) is 11.3 Å². The van der Waals surface area contributed by atoms with Gasteiger partial charge in [0, 0.05) is 17.5 Å². The number of nitrogens with zero attached hydrogens (tertiary/aromatic N) is 1. The van der Waals surface area contributed by atoms with Gasteiger partial charge in [0.15, 0.2) is 0 Å². The smallest absolute Gasteiger partial charge is 0.0801 e. The van der Waals surface area contributed by atoms with Gasteiger partial charge in [-0.25, -0.2) is 0 Å². The number of pyridine rings is 1. The lowest BCUT2D eigenvalue weighted by atomic mass is 10.0. The average molecular weight is 301 g/mol. The van der Waals surface area contributed by atoms with E-state index in [1.54, 1.807) is 0 Å². The minimum Gasteiger partial charge on any atom is -0.255 e. The van der Waals surface area contributed by atoms with E-state index in [1.807, 2.05) is 29.7 Å².